The van der Waals surface area contributed by atoms with Crippen LogP contribution < -0.4 is 5.32 Å². The molecular formula is C14H18ClN3. The van der Waals surface area contributed by atoms with Crippen molar-refractivity contribution in [3.63, 3.8) is 0 Å². The highest BCUT2D eigenvalue weighted by Gasteiger charge is 2.17. The van der Waals surface area contributed by atoms with Gasteiger partial charge in [0.2, 0.25) is 0 Å². The second-order valence-corrected chi connectivity index (χ2v) is 4.77. The highest BCUT2D eigenvalue weighted by atomic mass is 35.5. The van der Waals surface area contributed by atoms with Crippen LogP contribution in [0, 0.1) is 0 Å². The van der Waals surface area contributed by atoms with E-state index in [-0.39, 0.29) is 6.04 Å². The van der Waals surface area contributed by atoms with Crippen LogP contribution in [0.15, 0.2) is 36.7 Å². The van der Waals surface area contributed by atoms with Crippen molar-refractivity contribution in [3.8, 4) is 0 Å². The molecule has 0 radical (unpaired) electrons. The number of halogens is 1. The lowest BCUT2D eigenvalue weighted by Crippen LogP contribution is -2.25. The van der Waals surface area contributed by atoms with Crippen molar-refractivity contribution in [2.45, 2.75) is 19.4 Å². The van der Waals surface area contributed by atoms with E-state index in [9.17, 15) is 0 Å². The summed E-state index contributed by atoms with van der Waals surface area (Å²) in [6, 6.07) is 8.02. The molecule has 1 atom stereocenters. The van der Waals surface area contributed by atoms with Crippen molar-refractivity contribution in [2.75, 3.05) is 6.54 Å². The summed E-state index contributed by atoms with van der Waals surface area (Å²) >= 11 is 6.07. The first-order valence-corrected chi connectivity index (χ1v) is 6.56. The molecule has 3 nitrogen and oxygen atoms in total. The zero-order valence-corrected chi connectivity index (χ0v) is 11.5. The number of imidazole rings is 1. The largest absolute Gasteiger partial charge is 0.336 e. The van der Waals surface area contributed by atoms with E-state index in [0.717, 1.165) is 29.4 Å². The quantitative estimate of drug-likeness (QED) is 0.898. The third-order valence-corrected chi connectivity index (χ3v) is 3.13. The van der Waals surface area contributed by atoms with Crippen molar-refractivity contribution in [3.05, 3.63) is 53.1 Å². The molecule has 0 spiro atoms. The average Bonchev–Trinajstić information content (AvgIpc) is 2.77. The van der Waals surface area contributed by atoms with Crippen LogP contribution in [-0.2, 0) is 7.05 Å². The zero-order chi connectivity index (χ0) is 13.0. The van der Waals surface area contributed by atoms with E-state index in [4.69, 9.17) is 11.6 Å². The Hall–Kier alpha value is -1.32. The van der Waals surface area contributed by atoms with Gasteiger partial charge in [0.25, 0.3) is 0 Å². The lowest BCUT2D eigenvalue weighted by Gasteiger charge is -2.19. The van der Waals surface area contributed by atoms with Crippen LogP contribution in [0.3, 0.4) is 0 Å². The van der Waals surface area contributed by atoms with Gasteiger partial charge in [-0.3, -0.25) is 0 Å². The van der Waals surface area contributed by atoms with Gasteiger partial charge in [0.05, 0.1) is 6.04 Å². The van der Waals surface area contributed by atoms with E-state index in [2.05, 4.69) is 23.3 Å². The number of rotatable bonds is 5. The van der Waals surface area contributed by atoms with Gasteiger partial charge in [0.1, 0.15) is 5.82 Å². The van der Waals surface area contributed by atoms with E-state index >= 15 is 0 Å². The second kappa shape index (κ2) is 6.03. The van der Waals surface area contributed by atoms with Crippen LogP contribution in [0.1, 0.15) is 30.8 Å². The summed E-state index contributed by atoms with van der Waals surface area (Å²) in [5.41, 5.74) is 1.14. The topological polar surface area (TPSA) is 29.9 Å². The number of aromatic nitrogens is 2. The van der Waals surface area contributed by atoms with E-state index in [0.29, 0.717) is 0 Å². The SMILES string of the molecule is CCCNC(c1cccc(Cl)c1)c1nccn1C. The highest BCUT2D eigenvalue weighted by Crippen LogP contribution is 2.23. The monoisotopic (exact) mass is 263 g/mol. The van der Waals surface area contributed by atoms with Crippen LogP contribution in [0.2, 0.25) is 5.02 Å². The normalized spacial score (nSPS) is 12.6. The molecule has 0 aliphatic rings. The van der Waals surface area contributed by atoms with Crippen molar-refractivity contribution < 1.29 is 0 Å². The van der Waals surface area contributed by atoms with Crippen LogP contribution in [-0.4, -0.2) is 16.1 Å². The van der Waals surface area contributed by atoms with Gasteiger partial charge in [-0.15, -0.1) is 0 Å². The molecule has 2 aromatic rings. The first-order chi connectivity index (χ1) is 8.72. The molecule has 0 fully saturated rings. The van der Waals surface area contributed by atoms with Gasteiger partial charge in [-0.2, -0.15) is 0 Å². The third-order valence-electron chi connectivity index (χ3n) is 2.90. The predicted octanol–water partition coefficient (Wildman–Crippen LogP) is 3.16. The molecule has 1 unspecified atom stereocenters. The van der Waals surface area contributed by atoms with Crippen LogP contribution in [0.5, 0.6) is 0 Å². The first kappa shape index (κ1) is 13.1. The summed E-state index contributed by atoms with van der Waals surface area (Å²) in [6.45, 7) is 3.10. The summed E-state index contributed by atoms with van der Waals surface area (Å²) in [5.74, 6) is 1.01. The van der Waals surface area contributed by atoms with Crippen molar-refractivity contribution in [1.82, 2.24) is 14.9 Å². The van der Waals surface area contributed by atoms with Gasteiger partial charge in [-0.05, 0) is 30.7 Å². The second-order valence-electron chi connectivity index (χ2n) is 4.34. The molecule has 4 heteroatoms. The molecule has 0 saturated heterocycles. The number of benzene rings is 1. The molecule has 0 saturated carbocycles. The van der Waals surface area contributed by atoms with Crippen LogP contribution in [0.4, 0.5) is 0 Å². The Morgan fingerprint density at radius 2 is 2.28 bits per heavy atom. The minimum absolute atomic E-state index is 0.0867. The highest BCUT2D eigenvalue weighted by molar-refractivity contribution is 6.30. The molecule has 1 N–H and O–H groups in total. The Balaban J connectivity index is 2.33. The molecule has 0 amide bonds. The summed E-state index contributed by atoms with van der Waals surface area (Å²) in [6.07, 6.45) is 4.86. The van der Waals surface area contributed by atoms with E-state index < -0.39 is 0 Å². The third kappa shape index (κ3) is 2.92. The first-order valence-electron chi connectivity index (χ1n) is 6.18. The molecule has 1 heterocycles. The smallest absolute Gasteiger partial charge is 0.130 e. The van der Waals surface area contributed by atoms with Crippen molar-refractivity contribution in [1.29, 1.82) is 0 Å². The van der Waals surface area contributed by atoms with Crippen LogP contribution in [0.25, 0.3) is 0 Å². The lowest BCUT2D eigenvalue weighted by molar-refractivity contribution is 0.555. The van der Waals surface area contributed by atoms with Gasteiger partial charge in [-0.1, -0.05) is 30.7 Å². The van der Waals surface area contributed by atoms with Gasteiger partial charge in [0.15, 0.2) is 0 Å². The van der Waals surface area contributed by atoms with E-state index in [1.807, 2.05) is 42.2 Å². The number of aryl methyl sites for hydroxylation is 1. The fourth-order valence-electron chi connectivity index (χ4n) is 1.99. The van der Waals surface area contributed by atoms with Gasteiger partial charge in [-0.25, -0.2) is 4.98 Å². The van der Waals surface area contributed by atoms with Gasteiger partial charge >= 0.3 is 0 Å². The molecular weight excluding hydrogens is 246 g/mol. The molecule has 0 aliphatic carbocycles. The Kier molecular flexibility index (Phi) is 4.39. The fourth-order valence-corrected chi connectivity index (χ4v) is 2.19. The summed E-state index contributed by atoms with van der Waals surface area (Å²) in [5, 5.41) is 4.27. The zero-order valence-electron chi connectivity index (χ0n) is 10.7. The number of hydrogen-bond donors (Lipinski definition) is 1. The fraction of sp³-hybridized carbons (Fsp3) is 0.357. The number of nitrogens with zero attached hydrogens (tertiary/aromatic N) is 2. The Morgan fingerprint density at radius 3 is 2.89 bits per heavy atom. The molecule has 0 aliphatic heterocycles. The number of nitrogens with one attached hydrogen (secondary N) is 1. The van der Waals surface area contributed by atoms with E-state index in [1.165, 1.54) is 0 Å². The van der Waals surface area contributed by atoms with Crippen LogP contribution >= 0.6 is 11.6 Å². The van der Waals surface area contributed by atoms with E-state index in [1.54, 1.807) is 0 Å². The predicted molar refractivity (Wildman–Crippen MR) is 74.8 cm³/mol. The van der Waals surface area contributed by atoms with Crippen molar-refractivity contribution in [2.24, 2.45) is 7.05 Å². The molecule has 2 rings (SSSR count). The maximum atomic E-state index is 6.07. The summed E-state index contributed by atoms with van der Waals surface area (Å²) in [7, 11) is 2.01. The van der Waals surface area contributed by atoms with Crippen molar-refractivity contribution >= 4 is 11.6 Å². The molecule has 96 valence electrons. The average molecular weight is 264 g/mol. The molecule has 1 aromatic heterocycles. The Labute approximate surface area is 113 Å². The Bertz CT molecular complexity index is 507. The Morgan fingerprint density at radius 1 is 1.44 bits per heavy atom. The minimum atomic E-state index is 0.0867. The lowest BCUT2D eigenvalue weighted by atomic mass is 10.1. The summed E-state index contributed by atoms with van der Waals surface area (Å²) in [4.78, 5) is 4.43. The summed E-state index contributed by atoms with van der Waals surface area (Å²) < 4.78 is 2.04. The molecule has 18 heavy (non-hydrogen) atoms. The molecule has 0 bridgehead atoms. The van der Waals surface area contributed by atoms with Gasteiger partial charge in [0, 0.05) is 24.5 Å². The molecule has 1 aromatic carbocycles. The standard InChI is InChI=1S/C14H18ClN3/c1-3-7-16-13(14-17-8-9-18(14)2)11-5-4-6-12(15)10-11/h4-6,8-10,13,16H,3,7H2,1-2H3. The minimum Gasteiger partial charge on any atom is -0.336 e. The van der Waals surface area contributed by atoms with Gasteiger partial charge < -0.3 is 9.88 Å². The maximum Gasteiger partial charge on any atom is 0.130 e. The number of hydrogen-bond acceptors (Lipinski definition) is 2. The maximum absolute atomic E-state index is 6.07.